The third-order valence-electron chi connectivity index (χ3n) is 2.83. The first-order chi connectivity index (χ1) is 10.3. The van der Waals surface area contributed by atoms with Crippen molar-refractivity contribution in [1.82, 2.24) is 10.6 Å². The van der Waals surface area contributed by atoms with Crippen LogP contribution in [0.3, 0.4) is 0 Å². The topological polar surface area (TPSA) is 78.4 Å². The van der Waals surface area contributed by atoms with E-state index >= 15 is 0 Å². The molecule has 0 aliphatic rings. The number of aliphatic hydroxyl groups excluding tert-OH is 1. The van der Waals surface area contributed by atoms with E-state index in [4.69, 9.17) is 11.6 Å². The first-order valence-corrected chi connectivity index (χ1v) is 8.27. The SMILES string of the molecule is CC(=O)NC(CSc1ccc(C)c(Cl)c1)C(=O)NCC(C)O. The van der Waals surface area contributed by atoms with Crippen LogP contribution in [0.1, 0.15) is 19.4 Å². The summed E-state index contributed by atoms with van der Waals surface area (Å²) in [4.78, 5) is 24.2. The van der Waals surface area contributed by atoms with Crippen LogP contribution in [0.15, 0.2) is 23.1 Å². The minimum Gasteiger partial charge on any atom is -0.392 e. The Morgan fingerprint density at radius 2 is 2.09 bits per heavy atom. The molecule has 22 heavy (non-hydrogen) atoms. The molecule has 0 aliphatic carbocycles. The highest BCUT2D eigenvalue weighted by Crippen LogP contribution is 2.25. The maximum absolute atomic E-state index is 12.0. The molecule has 0 heterocycles. The lowest BCUT2D eigenvalue weighted by Gasteiger charge is -2.18. The number of nitrogens with one attached hydrogen (secondary N) is 2. The summed E-state index contributed by atoms with van der Waals surface area (Å²) in [5, 5.41) is 15.1. The summed E-state index contributed by atoms with van der Waals surface area (Å²) in [5.41, 5.74) is 0.985. The molecule has 122 valence electrons. The molecule has 2 atom stereocenters. The molecule has 0 aliphatic heterocycles. The van der Waals surface area contributed by atoms with Crippen LogP contribution in [0, 0.1) is 6.92 Å². The van der Waals surface area contributed by atoms with Gasteiger partial charge in [0.05, 0.1) is 6.10 Å². The van der Waals surface area contributed by atoms with Crippen molar-refractivity contribution in [3.63, 3.8) is 0 Å². The summed E-state index contributed by atoms with van der Waals surface area (Å²) in [6.45, 7) is 5.01. The van der Waals surface area contributed by atoms with Gasteiger partial charge in [0.1, 0.15) is 6.04 Å². The first-order valence-electron chi connectivity index (χ1n) is 6.91. The van der Waals surface area contributed by atoms with Crippen molar-refractivity contribution in [3.8, 4) is 0 Å². The van der Waals surface area contributed by atoms with Gasteiger partial charge in [0.15, 0.2) is 0 Å². The predicted molar refractivity (Wildman–Crippen MR) is 89.2 cm³/mol. The van der Waals surface area contributed by atoms with Gasteiger partial charge in [0, 0.05) is 29.1 Å². The highest BCUT2D eigenvalue weighted by Gasteiger charge is 2.20. The molecular weight excluding hydrogens is 324 g/mol. The lowest BCUT2D eigenvalue weighted by Crippen LogP contribution is -2.48. The van der Waals surface area contributed by atoms with Crippen molar-refractivity contribution in [2.75, 3.05) is 12.3 Å². The van der Waals surface area contributed by atoms with Gasteiger partial charge in [-0.25, -0.2) is 0 Å². The van der Waals surface area contributed by atoms with E-state index < -0.39 is 12.1 Å². The van der Waals surface area contributed by atoms with Gasteiger partial charge < -0.3 is 15.7 Å². The molecule has 7 heteroatoms. The zero-order chi connectivity index (χ0) is 16.7. The van der Waals surface area contributed by atoms with Gasteiger partial charge in [-0.2, -0.15) is 0 Å². The monoisotopic (exact) mass is 344 g/mol. The van der Waals surface area contributed by atoms with Crippen molar-refractivity contribution in [2.24, 2.45) is 0 Å². The Balaban J connectivity index is 2.65. The summed E-state index contributed by atoms with van der Waals surface area (Å²) < 4.78 is 0. The predicted octanol–water partition coefficient (Wildman–Crippen LogP) is 1.74. The smallest absolute Gasteiger partial charge is 0.243 e. The zero-order valence-electron chi connectivity index (χ0n) is 12.9. The molecular formula is C15H21ClN2O3S. The van der Waals surface area contributed by atoms with Gasteiger partial charge in [-0.15, -0.1) is 11.8 Å². The van der Waals surface area contributed by atoms with Crippen molar-refractivity contribution < 1.29 is 14.7 Å². The van der Waals surface area contributed by atoms with Crippen molar-refractivity contribution in [2.45, 2.75) is 37.8 Å². The number of aryl methyl sites for hydroxylation is 1. The van der Waals surface area contributed by atoms with E-state index in [2.05, 4.69) is 10.6 Å². The van der Waals surface area contributed by atoms with E-state index in [9.17, 15) is 14.7 Å². The second-order valence-corrected chi connectivity index (χ2v) is 6.57. The average Bonchev–Trinajstić information content (AvgIpc) is 2.44. The lowest BCUT2D eigenvalue weighted by atomic mass is 10.2. The van der Waals surface area contributed by atoms with Gasteiger partial charge in [-0.05, 0) is 31.5 Å². The summed E-state index contributed by atoms with van der Waals surface area (Å²) in [5.74, 6) is -0.216. The minimum atomic E-state index is -0.665. The van der Waals surface area contributed by atoms with Crippen LogP contribution in [-0.4, -0.2) is 41.4 Å². The molecule has 1 rings (SSSR count). The summed E-state index contributed by atoms with van der Waals surface area (Å²) in [6.07, 6.45) is -0.634. The largest absolute Gasteiger partial charge is 0.392 e. The quantitative estimate of drug-likeness (QED) is 0.658. The Kier molecular flexibility index (Phi) is 7.72. The number of amides is 2. The zero-order valence-corrected chi connectivity index (χ0v) is 14.4. The summed E-state index contributed by atoms with van der Waals surface area (Å²) in [7, 11) is 0. The van der Waals surface area contributed by atoms with Gasteiger partial charge in [-0.3, -0.25) is 9.59 Å². The van der Waals surface area contributed by atoms with Crippen LogP contribution in [-0.2, 0) is 9.59 Å². The number of hydrogen-bond donors (Lipinski definition) is 3. The van der Waals surface area contributed by atoms with Gasteiger partial charge in [0.25, 0.3) is 0 Å². The minimum absolute atomic E-state index is 0.149. The lowest BCUT2D eigenvalue weighted by molar-refractivity contribution is -0.127. The molecule has 1 aromatic rings. The Morgan fingerprint density at radius 1 is 1.41 bits per heavy atom. The van der Waals surface area contributed by atoms with E-state index in [1.54, 1.807) is 6.92 Å². The van der Waals surface area contributed by atoms with E-state index in [-0.39, 0.29) is 18.4 Å². The highest BCUT2D eigenvalue weighted by atomic mass is 35.5. The fraction of sp³-hybridized carbons (Fsp3) is 0.467. The molecule has 2 unspecified atom stereocenters. The molecule has 0 aromatic heterocycles. The van der Waals surface area contributed by atoms with Crippen LogP contribution < -0.4 is 10.6 Å². The van der Waals surface area contributed by atoms with Crippen LogP contribution >= 0.6 is 23.4 Å². The Bertz CT molecular complexity index is 538. The first kappa shape index (κ1) is 18.8. The van der Waals surface area contributed by atoms with Crippen molar-refractivity contribution in [1.29, 1.82) is 0 Å². The number of hydrogen-bond acceptors (Lipinski definition) is 4. The highest BCUT2D eigenvalue weighted by molar-refractivity contribution is 7.99. The second-order valence-electron chi connectivity index (χ2n) is 5.07. The number of rotatable bonds is 7. The van der Waals surface area contributed by atoms with E-state index in [1.165, 1.54) is 18.7 Å². The van der Waals surface area contributed by atoms with Gasteiger partial charge >= 0.3 is 0 Å². The fourth-order valence-electron chi connectivity index (χ4n) is 1.64. The number of halogens is 1. The van der Waals surface area contributed by atoms with Crippen LogP contribution in [0.5, 0.6) is 0 Å². The van der Waals surface area contributed by atoms with Gasteiger partial charge in [0.2, 0.25) is 11.8 Å². The molecule has 5 nitrogen and oxygen atoms in total. The standard InChI is InChI=1S/C15H21ClN2O3S/c1-9-4-5-12(6-13(9)16)22-8-14(18-11(3)20)15(21)17-7-10(2)19/h4-6,10,14,19H,7-8H2,1-3H3,(H,17,21)(H,18,20). The van der Waals surface area contributed by atoms with Crippen LogP contribution in [0.4, 0.5) is 0 Å². The number of thioether (sulfide) groups is 1. The second kappa shape index (κ2) is 9.02. The number of carbonyl (C=O) groups excluding carboxylic acids is 2. The van der Waals surface area contributed by atoms with E-state index in [0.29, 0.717) is 10.8 Å². The van der Waals surface area contributed by atoms with Crippen molar-refractivity contribution in [3.05, 3.63) is 28.8 Å². The van der Waals surface area contributed by atoms with E-state index in [0.717, 1.165) is 10.5 Å². The third kappa shape index (κ3) is 6.68. The van der Waals surface area contributed by atoms with Crippen molar-refractivity contribution >= 4 is 35.2 Å². The van der Waals surface area contributed by atoms with E-state index in [1.807, 2.05) is 25.1 Å². The van der Waals surface area contributed by atoms with Crippen LogP contribution in [0.2, 0.25) is 5.02 Å². The Hall–Kier alpha value is -1.24. The summed E-state index contributed by atoms with van der Waals surface area (Å²) >= 11 is 7.50. The Morgan fingerprint density at radius 3 is 2.64 bits per heavy atom. The maximum atomic E-state index is 12.0. The molecule has 3 N–H and O–H groups in total. The number of carbonyl (C=O) groups is 2. The Labute approximate surface area is 139 Å². The molecule has 0 bridgehead atoms. The summed E-state index contributed by atoms with van der Waals surface area (Å²) in [6, 6.07) is 5.00. The fourth-order valence-corrected chi connectivity index (χ4v) is 2.85. The third-order valence-corrected chi connectivity index (χ3v) is 4.32. The normalized spacial score (nSPS) is 13.3. The molecule has 0 fully saturated rings. The van der Waals surface area contributed by atoms with Gasteiger partial charge in [-0.1, -0.05) is 17.7 Å². The molecule has 0 spiro atoms. The van der Waals surface area contributed by atoms with Crippen LogP contribution in [0.25, 0.3) is 0 Å². The molecule has 0 radical (unpaired) electrons. The number of benzene rings is 1. The average molecular weight is 345 g/mol. The molecule has 0 saturated carbocycles. The molecule has 0 saturated heterocycles. The molecule has 1 aromatic carbocycles. The molecule has 2 amide bonds. The number of aliphatic hydroxyl groups is 1. The maximum Gasteiger partial charge on any atom is 0.243 e.